The van der Waals surface area contributed by atoms with E-state index < -0.39 is 0 Å². The third-order valence-electron chi connectivity index (χ3n) is 10.2. The van der Waals surface area contributed by atoms with Gasteiger partial charge in [-0.2, -0.15) is 5.26 Å². The molecule has 1 atom stereocenters. The number of amidine groups is 1. The van der Waals surface area contributed by atoms with Crippen LogP contribution in [0.25, 0.3) is 0 Å². The van der Waals surface area contributed by atoms with Gasteiger partial charge in [0.25, 0.3) is 0 Å². The smallest absolute Gasteiger partial charge is 0.225 e. The lowest BCUT2D eigenvalue weighted by molar-refractivity contribution is -0.147. The molecule has 4 fully saturated rings. The van der Waals surface area contributed by atoms with E-state index >= 15 is 0 Å². The molecule has 2 N–H and O–H groups in total. The fourth-order valence-corrected chi connectivity index (χ4v) is 7.85. The molecule has 5 rings (SSSR count). The number of carbonyl (C=O) groups is 1. The van der Waals surface area contributed by atoms with Crippen LogP contribution in [0.1, 0.15) is 76.2 Å². The highest BCUT2D eigenvalue weighted by Gasteiger charge is 2.49. The van der Waals surface area contributed by atoms with Crippen molar-refractivity contribution in [1.82, 2.24) is 14.7 Å². The first-order valence-electron chi connectivity index (χ1n) is 15.0. The standard InChI is InChI=1S/C31H45ClN6O/c1-36(2)26-9-13-38(14-10-26)30(39)24-19-31(20-24)11-15-37(16-12-31)29(34)18-28(22-5-3-4-6-22)35-25-8-7-23(21-33)27(32)17-25/h7-8,17,22,24,26,28,34-35H,3-6,9-16,18-20H2,1-2H3. The Labute approximate surface area is 239 Å². The first-order chi connectivity index (χ1) is 18.8. The lowest BCUT2D eigenvalue weighted by Gasteiger charge is -2.53. The second kappa shape index (κ2) is 12.1. The van der Waals surface area contributed by atoms with Gasteiger partial charge >= 0.3 is 0 Å². The van der Waals surface area contributed by atoms with Crippen LogP contribution in [0.2, 0.25) is 5.02 Å². The van der Waals surface area contributed by atoms with Crippen molar-refractivity contribution in [2.45, 2.75) is 82.7 Å². The molecular formula is C31H45ClN6O. The summed E-state index contributed by atoms with van der Waals surface area (Å²) < 4.78 is 0. The van der Waals surface area contributed by atoms with Gasteiger partial charge in [0.15, 0.2) is 0 Å². The summed E-state index contributed by atoms with van der Waals surface area (Å²) in [7, 11) is 4.28. The van der Waals surface area contributed by atoms with Crippen molar-refractivity contribution in [2.24, 2.45) is 17.3 Å². The molecule has 1 aromatic carbocycles. The van der Waals surface area contributed by atoms with Crippen LogP contribution in [0.4, 0.5) is 5.69 Å². The topological polar surface area (TPSA) is 86.5 Å². The maximum atomic E-state index is 13.1. The van der Waals surface area contributed by atoms with Gasteiger partial charge in [-0.3, -0.25) is 10.2 Å². The number of hydrogen-bond donors (Lipinski definition) is 2. The Kier molecular flexibility index (Phi) is 8.73. The SMILES string of the molecule is CN(C)C1CCN(C(=O)C2CC3(CCN(C(=N)CC(Nc4ccc(C#N)c(Cl)c4)C4CCCC4)CC3)C2)CC1. The predicted octanol–water partition coefficient (Wildman–Crippen LogP) is 5.59. The van der Waals surface area contributed by atoms with Gasteiger partial charge in [-0.25, -0.2) is 0 Å². The van der Waals surface area contributed by atoms with Crippen LogP contribution in [0.15, 0.2) is 18.2 Å². The van der Waals surface area contributed by atoms with Crippen molar-refractivity contribution in [3.63, 3.8) is 0 Å². The average Bonchev–Trinajstić information content (AvgIpc) is 3.46. The second-order valence-electron chi connectivity index (χ2n) is 12.9. The third kappa shape index (κ3) is 6.38. The molecule has 0 radical (unpaired) electrons. The molecule has 7 nitrogen and oxygen atoms in total. The number of nitriles is 1. The molecule has 1 spiro atoms. The third-order valence-corrected chi connectivity index (χ3v) is 10.6. The quantitative estimate of drug-likeness (QED) is 0.340. The minimum absolute atomic E-state index is 0.197. The molecule has 0 aromatic heterocycles. The van der Waals surface area contributed by atoms with Gasteiger partial charge in [0.1, 0.15) is 6.07 Å². The number of rotatable bonds is 7. The van der Waals surface area contributed by atoms with E-state index in [1.54, 1.807) is 6.07 Å². The van der Waals surface area contributed by atoms with Crippen molar-refractivity contribution in [3.05, 3.63) is 28.8 Å². The predicted molar refractivity (Wildman–Crippen MR) is 157 cm³/mol. The Morgan fingerprint density at radius 1 is 1.13 bits per heavy atom. The summed E-state index contributed by atoms with van der Waals surface area (Å²) in [6.07, 6.45) is 12.0. The normalized spacial score (nSPS) is 23.1. The molecule has 8 heteroatoms. The van der Waals surface area contributed by atoms with Crippen molar-refractivity contribution < 1.29 is 4.79 Å². The molecule has 4 aliphatic rings. The molecule has 0 bridgehead atoms. The van der Waals surface area contributed by atoms with E-state index in [-0.39, 0.29) is 12.0 Å². The number of carbonyl (C=O) groups excluding carboxylic acids is 1. The molecule has 2 aliphatic carbocycles. The molecule has 2 aliphatic heterocycles. The van der Waals surface area contributed by atoms with Crippen LogP contribution in [0, 0.1) is 34.0 Å². The van der Waals surface area contributed by atoms with Gasteiger partial charge in [-0.05, 0) is 95.0 Å². The van der Waals surface area contributed by atoms with E-state index in [0.29, 0.717) is 40.3 Å². The van der Waals surface area contributed by atoms with Gasteiger partial charge in [-0.15, -0.1) is 0 Å². The van der Waals surface area contributed by atoms with E-state index in [1.165, 1.54) is 25.7 Å². The van der Waals surface area contributed by atoms with Gasteiger partial charge < -0.3 is 20.0 Å². The summed E-state index contributed by atoms with van der Waals surface area (Å²) >= 11 is 6.30. The van der Waals surface area contributed by atoms with E-state index in [9.17, 15) is 10.1 Å². The van der Waals surface area contributed by atoms with Crippen LogP contribution in [-0.4, -0.2) is 78.8 Å². The number of nitrogens with zero attached hydrogens (tertiary/aromatic N) is 4. The number of nitrogens with one attached hydrogen (secondary N) is 2. The average molecular weight is 553 g/mol. The minimum atomic E-state index is 0.197. The number of anilines is 1. The van der Waals surface area contributed by atoms with E-state index in [1.807, 2.05) is 12.1 Å². The maximum absolute atomic E-state index is 13.1. The monoisotopic (exact) mass is 552 g/mol. The zero-order chi connectivity index (χ0) is 27.6. The molecule has 2 heterocycles. The van der Waals surface area contributed by atoms with Crippen LogP contribution in [0.5, 0.6) is 0 Å². The van der Waals surface area contributed by atoms with Crippen LogP contribution < -0.4 is 5.32 Å². The Bertz CT molecular complexity index is 1070. The van der Waals surface area contributed by atoms with Crippen LogP contribution >= 0.6 is 11.6 Å². The fourth-order valence-electron chi connectivity index (χ4n) is 7.62. The van der Waals surface area contributed by atoms with Gasteiger partial charge in [0.2, 0.25) is 5.91 Å². The number of benzene rings is 1. The highest BCUT2D eigenvalue weighted by Crippen LogP contribution is 2.53. The number of hydrogen-bond acceptors (Lipinski definition) is 5. The summed E-state index contributed by atoms with van der Waals surface area (Å²) in [6.45, 7) is 3.66. The lowest BCUT2D eigenvalue weighted by Crippen LogP contribution is -2.54. The Hall–Kier alpha value is -2.30. The van der Waals surface area contributed by atoms with Crippen molar-refractivity contribution in [3.8, 4) is 6.07 Å². The first-order valence-corrected chi connectivity index (χ1v) is 15.4. The lowest BCUT2D eigenvalue weighted by atomic mass is 9.57. The number of amides is 1. The first kappa shape index (κ1) is 28.2. The number of piperidine rings is 2. The van der Waals surface area contributed by atoms with E-state index in [4.69, 9.17) is 17.0 Å². The summed E-state index contributed by atoms with van der Waals surface area (Å²) in [5.74, 6) is 1.88. The van der Waals surface area contributed by atoms with Crippen LogP contribution in [-0.2, 0) is 4.79 Å². The van der Waals surface area contributed by atoms with Gasteiger partial charge in [0, 0.05) is 56.3 Å². The Morgan fingerprint density at radius 2 is 1.79 bits per heavy atom. The number of likely N-dealkylation sites (tertiary alicyclic amines) is 2. The molecular weight excluding hydrogens is 508 g/mol. The summed E-state index contributed by atoms with van der Waals surface area (Å²) in [5, 5.41) is 22.3. The fraction of sp³-hybridized carbons (Fsp3) is 0.710. The van der Waals surface area contributed by atoms with E-state index in [0.717, 1.165) is 76.2 Å². The van der Waals surface area contributed by atoms with Gasteiger partial charge in [0.05, 0.1) is 16.4 Å². The summed E-state index contributed by atoms with van der Waals surface area (Å²) in [6, 6.07) is 8.47. The molecule has 1 amide bonds. The maximum Gasteiger partial charge on any atom is 0.225 e. The molecule has 2 saturated heterocycles. The van der Waals surface area contributed by atoms with Crippen molar-refractivity contribution >= 4 is 29.0 Å². The van der Waals surface area contributed by atoms with E-state index in [2.05, 4.69) is 40.2 Å². The second-order valence-corrected chi connectivity index (χ2v) is 13.3. The Morgan fingerprint density at radius 3 is 2.38 bits per heavy atom. The zero-order valence-corrected chi connectivity index (χ0v) is 24.5. The summed E-state index contributed by atoms with van der Waals surface area (Å²) in [5.41, 5.74) is 1.72. The highest BCUT2D eigenvalue weighted by atomic mass is 35.5. The molecule has 2 saturated carbocycles. The van der Waals surface area contributed by atoms with Gasteiger partial charge in [-0.1, -0.05) is 24.4 Å². The number of halogens is 1. The molecule has 212 valence electrons. The molecule has 39 heavy (non-hydrogen) atoms. The minimum Gasteiger partial charge on any atom is -0.382 e. The summed E-state index contributed by atoms with van der Waals surface area (Å²) in [4.78, 5) is 19.8. The molecule has 1 unspecified atom stereocenters. The molecule has 1 aromatic rings. The highest BCUT2D eigenvalue weighted by molar-refractivity contribution is 6.32. The Balaban J connectivity index is 1.11. The van der Waals surface area contributed by atoms with Crippen LogP contribution in [0.3, 0.4) is 0 Å². The van der Waals surface area contributed by atoms with Crippen molar-refractivity contribution in [1.29, 1.82) is 10.7 Å². The van der Waals surface area contributed by atoms with Crippen molar-refractivity contribution in [2.75, 3.05) is 45.6 Å². The largest absolute Gasteiger partial charge is 0.382 e. The zero-order valence-electron chi connectivity index (χ0n) is 23.7.